The van der Waals surface area contributed by atoms with Crippen LogP contribution >= 0.6 is 0 Å². The number of hydrogen-bond acceptors (Lipinski definition) is 4. The third-order valence-electron chi connectivity index (χ3n) is 1.81. The van der Waals surface area contributed by atoms with E-state index in [2.05, 4.69) is 15.3 Å². The van der Waals surface area contributed by atoms with Gasteiger partial charge in [-0.05, 0) is 13.0 Å². The number of hydrogen-bond donors (Lipinski definition) is 2. The maximum atomic E-state index is 5.74. The van der Waals surface area contributed by atoms with Gasteiger partial charge in [0.1, 0.15) is 11.6 Å². The summed E-state index contributed by atoms with van der Waals surface area (Å²) in [5.74, 6) is 1.60. The Morgan fingerprint density at radius 2 is 2.42 bits per heavy atom. The highest BCUT2D eigenvalue weighted by Crippen LogP contribution is 2.20. The van der Waals surface area contributed by atoms with Crippen molar-refractivity contribution in [2.24, 2.45) is 5.73 Å². The molecular weight excluding hydrogens is 152 g/mol. The van der Waals surface area contributed by atoms with Gasteiger partial charge < -0.3 is 11.1 Å². The van der Waals surface area contributed by atoms with E-state index in [9.17, 15) is 0 Å². The summed E-state index contributed by atoms with van der Waals surface area (Å²) in [4.78, 5) is 8.29. The zero-order valence-electron chi connectivity index (χ0n) is 6.83. The second-order valence-corrected chi connectivity index (χ2v) is 2.72. The molecular formula is C8H10N4. The van der Waals surface area contributed by atoms with Gasteiger partial charge in [0.2, 0.25) is 0 Å². The smallest absolute Gasteiger partial charge is 0.139 e. The van der Waals surface area contributed by atoms with E-state index in [1.165, 1.54) is 0 Å². The molecule has 2 heterocycles. The van der Waals surface area contributed by atoms with Crippen LogP contribution in [-0.2, 0) is 0 Å². The van der Waals surface area contributed by atoms with E-state index in [1.54, 1.807) is 6.20 Å². The molecule has 2 rings (SSSR count). The van der Waals surface area contributed by atoms with E-state index in [-0.39, 0.29) is 0 Å². The summed E-state index contributed by atoms with van der Waals surface area (Å²) in [5.41, 5.74) is 7.39. The minimum atomic E-state index is 0.745. The highest BCUT2D eigenvalue weighted by molar-refractivity contribution is 5.74. The van der Waals surface area contributed by atoms with Crippen molar-refractivity contribution in [1.29, 1.82) is 0 Å². The largest absolute Gasteiger partial charge is 0.398 e. The van der Waals surface area contributed by atoms with Crippen LogP contribution in [0.2, 0.25) is 0 Å². The number of aromatic nitrogens is 2. The van der Waals surface area contributed by atoms with Crippen LogP contribution in [-0.4, -0.2) is 16.5 Å². The Balaban J connectivity index is 2.56. The Labute approximate surface area is 70.5 Å². The average molecular weight is 162 g/mol. The Kier molecular flexibility index (Phi) is 1.46. The van der Waals surface area contributed by atoms with Crippen LogP contribution in [0.1, 0.15) is 11.4 Å². The molecule has 0 saturated carbocycles. The van der Waals surface area contributed by atoms with Crippen molar-refractivity contribution >= 4 is 11.5 Å². The van der Waals surface area contributed by atoms with Crippen molar-refractivity contribution in [2.75, 3.05) is 11.9 Å². The van der Waals surface area contributed by atoms with Crippen molar-refractivity contribution < 1.29 is 0 Å². The first-order valence-corrected chi connectivity index (χ1v) is 3.81. The molecule has 4 heteroatoms. The molecule has 0 aromatic carbocycles. The molecule has 0 aliphatic carbocycles. The van der Waals surface area contributed by atoms with Gasteiger partial charge in [-0.1, -0.05) is 0 Å². The molecule has 0 fully saturated rings. The van der Waals surface area contributed by atoms with E-state index in [0.29, 0.717) is 0 Å². The van der Waals surface area contributed by atoms with Crippen LogP contribution < -0.4 is 11.1 Å². The third kappa shape index (κ3) is 1.01. The predicted octanol–water partition coefficient (Wildman–Crippen LogP) is 0.510. The lowest BCUT2D eigenvalue weighted by Gasteiger charge is -2.14. The van der Waals surface area contributed by atoms with Crippen molar-refractivity contribution in [1.82, 2.24) is 9.97 Å². The molecule has 12 heavy (non-hydrogen) atoms. The van der Waals surface area contributed by atoms with Crippen LogP contribution in [0, 0.1) is 6.92 Å². The zero-order valence-corrected chi connectivity index (χ0v) is 6.83. The topological polar surface area (TPSA) is 63.8 Å². The lowest BCUT2D eigenvalue weighted by atomic mass is 10.2. The van der Waals surface area contributed by atoms with Crippen molar-refractivity contribution in [2.45, 2.75) is 6.92 Å². The van der Waals surface area contributed by atoms with Crippen LogP contribution in [0.4, 0.5) is 5.82 Å². The molecule has 3 N–H and O–H groups in total. The number of rotatable bonds is 0. The molecule has 62 valence electrons. The summed E-state index contributed by atoms with van der Waals surface area (Å²) in [6.07, 6.45) is 3.66. The summed E-state index contributed by atoms with van der Waals surface area (Å²) >= 11 is 0. The molecule has 0 bridgehead atoms. The van der Waals surface area contributed by atoms with Gasteiger partial charge in [-0.2, -0.15) is 0 Å². The van der Waals surface area contributed by atoms with Crippen LogP contribution in [0.25, 0.3) is 5.70 Å². The van der Waals surface area contributed by atoms with E-state index >= 15 is 0 Å². The van der Waals surface area contributed by atoms with Crippen LogP contribution in [0.15, 0.2) is 12.3 Å². The fourth-order valence-corrected chi connectivity index (χ4v) is 1.18. The summed E-state index contributed by atoms with van der Waals surface area (Å²) in [6, 6.07) is 0. The molecule has 0 radical (unpaired) electrons. The average Bonchev–Trinajstić information content (AvgIpc) is 2.04. The van der Waals surface area contributed by atoms with Gasteiger partial charge in [-0.25, -0.2) is 9.97 Å². The van der Waals surface area contributed by atoms with Gasteiger partial charge >= 0.3 is 0 Å². The van der Waals surface area contributed by atoms with Gasteiger partial charge in [-0.15, -0.1) is 0 Å². The van der Waals surface area contributed by atoms with Crippen LogP contribution in [0.3, 0.4) is 0 Å². The minimum Gasteiger partial charge on any atom is -0.398 e. The molecule has 1 aromatic rings. The minimum absolute atomic E-state index is 0.745. The summed E-state index contributed by atoms with van der Waals surface area (Å²) in [7, 11) is 0. The van der Waals surface area contributed by atoms with E-state index in [0.717, 1.165) is 29.4 Å². The van der Waals surface area contributed by atoms with E-state index in [4.69, 9.17) is 5.73 Å². The van der Waals surface area contributed by atoms with Gasteiger partial charge in [0.05, 0.1) is 5.56 Å². The normalized spacial score (nSPS) is 14.6. The Morgan fingerprint density at radius 1 is 1.58 bits per heavy atom. The quantitative estimate of drug-likeness (QED) is 0.583. The molecule has 0 spiro atoms. The molecule has 0 amide bonds. The lowest BCUT2D eigenvalue weighted by Crippen LogP contribution is -2.14. The van der Waals surface area contributed by atoms with Gasteiger partial charge in [-0.3, -0.25) is 0 Å². The monoisotopic (exact) mass is 162 g/mol. The van der Waals surface area contributed by atoms with Crippen molar-refractivity contribution in [3.63, 3.8) is 0 Å². The molecule has 1 aliphatic heterocycles. The lowest BCUT2D eigenvalue weighted by molar-refractivity contribution is 1.03. The standard InChI is InChI=1S/C8H10N4/c1-5-11-4-6-7(9)2-3-10-8(6)12-5/h2,4H,3,9H2,1H3,(H,10,11,12). The number of nitrogens with two attached hydrogens (primary N) is 1. The molecule has 1 aliphatic rings. The first-order chi connectivity index (χ1) is 5.77. The van der Waals surface area contributed by atoms with Crippen LogP contribution in [0.5, 0.6) is 0 Å². The third-order valence-corrected chi connectivity index (χ3v) is 1.81. The van der Waals surface area contributed by atoms with E-state index < -0.39 is 0 Å². The Morgan fingerprint density at radius 3 is 3.25 bits per heavy atom. The van der Waals surface area contributed by atoms with E-state index in [1.807, 2.05) is 13.0 Å². The maximum Gasteiger partial charge on any atom is 0.139 e. The second kappa shape index (κ2) is 2.48. The van der Waals surface area contributed by atoms with Gasteiger partial charge in [0.15, 0.2) is 0 Å². The summed E-state index contributed by atoms with van der Waals surface area (Å²) in [5, 5.41) is 3.13. The first-order valence-electron chi connectivity index (χ1n) is 3.81. The number of nitrogens with zero attached hydrogens (tertiary/aromatic N) is 2. The number of anilines is 1. The zero-order chi connectivity index (χ0) is 8.55. The number of aryl methyl sites for hydroxylation is 1. The molecule has 0 atom stereocenters. The fourth-order valence-electron chi connectivity index (χ4n) is 1.18. The molecule has 0 unspecified atom stereocenters. The molecule has 0 saturated heterocycles. The number of fused-ring (bicyclic) bond motifs is 1. The SMILES string of the molecule is Cc1ncc2c(n1)NCC=C2N. The van der Waals surface area contributed by atoms with Crippen molar-refractivity contribution in [3.05, 3.63) is 23.7 Å². The maximum absolute atomic E-state index is 5.74. The Hall–Kier alpha value is -1.58. The predicted molar refractivity (Wildman–Crippen MR) is 47.4 cm³/mol. The Bertz CT molecular complexity index is 343. The highest BCUT2D eigenvalue weighted by atomic mass is 15.0. The van der Waals surface area contributed by atoms with Crippen molar-refractivity contribution in [3.8, 4) is 0 Å². The van der Waals surface area contributed by atoms with Gasteiger partial charge in [0, 0.05) is 18.4 Å². The van der Waals surface area contributed by atoms with Gasteiger partial charge in [0.25, 0.3) is 0 Å². The second-order valence-electron chi connectivity index (χ2n) is 2.72. The number of nitrogens with one attached hydrogen (secondary N) is 1. The molecule has 4 nitrogen and oxygen atoms in total. The fraction of sp³-hybridized carbons (Fsp3) is 0.250. The summed E-state index contributed by atoms with van der Waals surface area (Å²) < 4.78 is 0. The summed E-state index contributed by atoms with van der Waals surface area (Å²) in [6.45, 7) is 2.60. The highest BCUT2D eigenvalue weighted by Gasteiger charge is 2.10. The molecule has 1 aromatic heterocycles. The first kappa shape index (κ1) is 7.09.